The first-order valence-corrected chi connectivity index (χ1v) is 12.0. The lowest BCUT2D eigenvalue weighted by molar-refractivity contribution is 0.369. The standard InChI is InChI=1S/C27H25F2N5O/c1-30-22-9-6-19(14-21(22)28)24-32-25(33-13-11-27(16-33)10-12-31-15-27)23(29)26(35)34(24)20-7-4-18(5-8-20)17-2-3-17/h4-9,14,17,31H,2-3,10-13,15-16H2. The summed E-state index contributed by atoms with van der Waals surface area (Å²) in [7, 11) is 0. The minimum Gasteiger partial charge on any atom is -0.353 e. The fourth-order valence-corrected chi connectivity index (χ4v) is 5.44. The molecule has 3 aromatic rings. The van der Waals surface area contributed by atoms with Gasteiger partial charge in [-0.2, -0.15) is 4.39 Å². The van der Waals surface area contributed by atoms with Gasteiger partial charge in [-0.25, -0.2) is 14.2 Å². The molecule has 2 aromatic carbocycles. The molecule has 8 heteroatoms. The van der Waals surface area contributed by atoms with Crippen LogP contribution in [0.3, 0.4) is 0 Å². The molecule has 3 heterocycles. The third-order valence-electron chi connectivity index (χ3n) is 7.61. The molecule has 1 N–H and O–H groups in total. The Morgan fingerprint density at radius 1 is 1.11 bits per heavy atom. The molecule has 6 rings (SSSR count). The van der Waals surface area contributed by atoms with E-state index >= 15 is 4.39 Å². The van der Waals surface area contributed by atoms with Crippen LogP contribution in [0.5, 0.6) is 0 Å². The van der Waals surface area contributed by atoms with E-state index in [0.29, 0.717) is 30.3 Å². The van der Waals surface area contributed by atoms with E-state index in [4.69, 9.17) is 6.57 Å². The molecule has 1 atom stereocenters. The molecule has 0 radical (unpaired) electrons. The Morgan fingerprint density at radius 3 is 2.57 bits per heavy atom. The highest BCUT2D eigenvalue weighted by Gasteiger charge is 2.42. The van der Waals surface area contributed by atoms with Crippen molar-refractivity contribution in [3.8, 4) is 17.1 Å². The number of nitrogens with one attached hydrogen (secondary N) is 1. The van der Waals surface area contributed by atoms with Crippen molar-refractivity contribution in [3.05, 3.63) is 81.4 Å². The van der Waals surface area contributed by atoms with Crippen molar-refractivity contribution in [3.63, 3.8) is 0 Å². The van der Waals surface area contributed by atoms with Crippen LogP contribution in [0, 0.1) is 23.6 Å². The van der Waals surface area contributed by atoms with E-state index in [9.17, 15) is 9.18 Å². The van der Waals surface area contributed by atoms with Crippen LogP contribution in [0.4, 0.5) is 20.3 Å². The lowest BCUT2D eigenvalue weighted by Gasteiger charge is -2.24. The molecule has 6 nitrogen and oxygen atoms in total. The van der Waals surface area contributed by atoms with E-state index in [-0.39, 0.29) is 22.7 Å². The van der Waals surface area contributed by atoms with E-state index < -0.39 is 17.2 Å². The second kappa shape index (κ2) is 8.28. The van der Waals surface area contributed by atoms with Gasteiger partial charge in [-0.3, -0.25) is 9.36 Å². The second-order valence-corrected chi connectivity index (χ2v) is 9.96. The van der Waals surface area contributed by atoms with Gasteiger partial charge in [0.2, 0.25) is 11.5 Å². The first kappa shape index (κ1) is 21.9. The van der Waals surface area contributed by atoms with E-state index in [2.05, 4.69) is 15.1 Å². The number of rotatable bonds is 4. The van der Waals surface area contributed by atoms with Crippen molar-refractivity contribution in [2.45, 2.75) is 31.6 Å². The predicted octanol–water partition coefficient (Wildman–Crippen LogP) is 4.80. The summed E-state index contributed by atoms with van der Waals surface area (Å²) in [6.45, 7) is 10.2. The van der Waals surface area contributed by atoms with Crippen molar-refractivity contribution < 1.29 is 8.78 Å². The highest BCUT2D eigenvalue weighted by atomic mass is 19.1. The van der Waals surface area contributed by atoms with E-state index in [1.54, 1.807) is 18.2 Å². The number of benzene rings is 2. The molecule has 3 fully saturated rings. The van der Waals surface area contributed by atoms with Crippen LogP contribution in [0.1, 0.15) is 37.2 Å². The molecule has 0 bridgehead atoms. The Hall–Kier alpha value is -3.57. The van der Waals surface area contributed by atoms with Crippen LogP contribution in [0.15, 0.2) is 47.3 Å². The van der Waals surface area contributed by atoms with E-state index in [0.717, 1.165) is 38.8 Å². The number of hydrogen-bond donors (Lipinski definition) is 1. The maximum atomic E-state index is 15.6. The molecule has 1 unspecified atom stereocenters. The summed E-state index contributed by atoms with van der Waals surface area (Å²) in [5.41, 5.74) is 1.10. The fourth-order valence-electron chi connectivity index (χ4n) is 5.44. The topological polar surface area (TPSA) is 54.5 Å². The summed E-state index contributed by atoms with van der Waals surface area (Å²) in [4.78, 5) is 23.1. The molecule has 1 aliphatic carbocycles. The molecule has 2 aliphatic heterocycles. The van der Waals surface area contributed by atoms with E-state index in [1.165, 1.54) is 22.3 Å². The van der Waals surface area contributed by atoms with Crippen LogP contribution in [-0.2, 0) is 0 Å². The normalized spacial score (nSPS) is 21.6. The number of hydrogen-bond acceptors (Lipinski definition) is 4. The molecule has 1 aromatic heterocycles. The maximum Gasteiger partial charge on any atom is 0.296 e. The lowest BCUT2D eigenvalue weighted by atomic mass is 9.87. The Kier molecular flexibility index (Phi) is 5.19. The molecule has 0 amide bonds. The van der Waals surface area contributed by atoms with Gasteiger partial charge in [-0.15, -0.1) is 0 Å². The highest BCUT2D eigenvalue weighted by Crippen LogP contribution is 2.41. The Bertz CT molecular complexity index is 1400. The maximum absolute atomic E-state index is 15.6. The average molecular weight is 474 g/mol. The minimum absolute atomic E-state index is 0.00860. The van der Waals surface area contributed by atoms with E-state index in [1.807, 2.05) is 17.0 Å². The van der Waals surface area contributed by atoms with Crippen molar-refractivity contribution in [2.75, 3.05) is 31.1 Å². The largest absolute Gasteiger partial charge is 0.353 e. The van der Waals surface area contributed by atoms with Gasteiger partial charge < -0.3 is 10.2 Å². The molecule has 3 aliphatic rings. The molecule has 2 saturated heterocycles. The average Bonchev–Trinajstić information content (AvgIpc) is 3.49. The molecular formula is C27H25F2N5O. The number of anilines is 1. The zero-order chi connectivity index (χ0) is 24.2. The third kappa shape index (κ3) is 3.80. The van der Waals surface area contributed by atoms with Gasteiger partial charge in [0.1, 0.15) is 11.6 Å². The second-order valence-electron chi connectivity index (χ2n) is 9.96. The first-order chi connectivity index (χ1) is 17.0. The zero-order valence-corrected chi connectivity index (χ0v) is 19.2. The number of halogens is 2. The summed E-state index contributed by atoms with van der Waals surface area (Å²) >= 11 is 0. The Labute approximate surface area is 202 Å². The predicted molar refractivity (Wildman–Crippen MR) is 130 cm³/mol. The zero-order valence-electron chi connectivity index (χ0n) is 19.2. The Morgan fingerprint density at radius 2 is 1.91 bits per heavy atom. The van der Waals surface area contributed by atoms with Crippen molar-refractivity contribution >= 4 is 11.5 Å². The molecule has 35 heavy (non-hydrogen) atoms. The van der Waals surface area contributed by atoms with Crippen LogP contribution >= 0.6 is 0 Å². The smallest absolute Gasteiger partial charge is 0.296 e. The summed E-state index contributed by atoms with van der Waals surface area (Å²) in [6.07, 6.45) is 4.20. The van der Waals surface area contributed by atoms with Gasteiger partial charge in [0.25, 0.3) is 5.56 Å². The number of aromatic nitrogens is 2. The van der Waals surface area contributed by atoms with Gasteiger partial charge in [-0.1, -0.05) is 24.3 Å². The van der Waals surface area contributed by atoms with Crippen LogP contribution in [0.2, 0.25) is 0 Å². The van der Waals surface area contributed by atoms with Crippen molar-refractivity contribution in [2.24, 2.45) is 5.41 Å². The Balaban J connectivity index is 1.50. The van der Waals surface area contributed by atoms with Gasteiger partial charge in [0, 0.05) is 30.6 Å². The highest BCUT2D eigenvalue weighted by molar-refractivity contribution is 5.65. The van der Waals surface area contributed by atoms with Gasteiger partial charge in [-0.05, 0) is 61.9 Å². The van der Waals surface area contributed by atoms with Crippen LogP contribution < -0.4 is 15.8 Å². The monoisotopic (exact) mass is 473 g/mol. The number of nitrogens with zero attached hydrogens (tertiary/aromatic N) is 4. The summed E-state index contributed by atoms with van der Waals surface area (Å²) in [5, 5.41) is 3.38. The minimum atomic E-state index is -0.902. The molecule has 1 saturated carbocycles. The third-order valence-corrected chi connectivity index (χ3v) is 7.61. The molecule has 178 valence electrons. The van der Waals surface area contributed by atoms with Crippen molar-refractivity contribution in [1.82, 2.24) is 14.9 Å². The molecular weight excluding hydrogens is 448 g/mol. The summed E-state index contributed by atoms with van der Waals surface area (Å²) in [5.74, 6) is -0.896. The van der Waals surface area contributed by atoms with Gasteiger partial charge in [0.15, 0.2) is 5.82 Å². The lowest BCUT2D eigenvalue weighted by Crippen LogP contribution is -2.33. The van der Waals surface area contributed by atoms with Crippen LogP contribution in [-0.4, -0.2) is 35.7 Å². The van der Waals surface area contributed by atoms with Crippen LogP contribution in [0.25, 0.3) is 21.9 Å². The summed E-state index contributed by atoms with van der Waals surface area (Å²) in [6, 6.07) is 11.6. The quantitative estimate of drug-likeness (QED) is 0.554. The molecule has 1 spiro atoms. The van der Waals surface area contributed by atoms with Crippen molar-refractivity contribution in [1.29, 1.82) is 0 Å². The first-order valence-electron chi connectivity index (χ1n) is 12.0. The fraction of sp³-hybridized carbons (Fsp3) is 0.370. The van der Waals surface area contributed by atoms with Gasteiger partial charge in [0.05, 0.1) is 12.3 Å². The SMILES string of the molecule is [C-]#[N+]c1ccc(-c2nc(N3CCC4(CCNC4)C3)c(F)c(=O)n2-c2ccc(C3CC3)cc2)cc1F. The summed E-state index contributed by atoms with van der Waals surface area (Å²) < 4.78 is 31.4. The van der Waals surface area contributed by atoms with Gasteiger partial charge >= 0.3 is 0 Å².